The number of aromatic nitrogens is 5. The van der Waals surface area contributed by atoms with E-state index in [-0.39, 0.29) is 6.90 Å². The zero-order chi connectivity index (χ0) is 18.3. The van der Waals surface area contributed by atoms with E-state index in [4.69, 9.17) is 9.72 Å². The Labute approximate surface area is 159 Å². The number of anilines is 2. The summed E-state index contributed by atoms with van der Waals surface area (Å²) in [6.45, 7) is 6.12. The molecule has 27 heavy (non-hydrogen) atoms. The molecule has 1 fully saturated rings. The summed E-state index contributed by atoms with van der Waals surface area (Å²) in [4.78, 5) is 13.4. The number of hydrogen-bond donors (Lipinski definition) is 1. The number of ether oxygens (including phenoxy) is 1. The molecule has 1 aliphatic carbocycles. The van der Waals surface area contributed by atoms with E-state index in [1.54, 1.807) is 13.3 Å². The molecule has 8 nitrogen and oxygen atoms in total. The number of pyridine rings is 1. The molecular weight excluding hydrogens is 344 g/mol. The Morgan fingerprint density at radius 1 is 1.26 bits per heavy atom. The molecule has 0 radical (unpaired) electrons. The molecular formula is C19H28N6O2. The Morgan fingerprint density at radius 3 is 2.67 bits per heavy atom. The van der Waals surface area contributed by atoms with Crippen molar-refractivity contribution >= 4 is 22.8 Å². The highest BCUT2D eigenvalue weighted by molar-refractivity contribution is 5.75. The van der Waals surface area contributed by atoms with Crippen molar-refractivity contribution in [3.05, 3.63) is 36.2 Å². The fraction of sp³-hybridized carbons (Fsp3) is 0.421. The highest BCUT2D eigenvalue weighted by atomic mass is 16.5. The van der Waals surface area contributed by atoms with E-state index >= 15 is 0 Å². The summed E-state index contributed by atoms with van der Waals surface area (Å²) < 4.78 is 9.59. The lowest BCUT2D eigenvalue weighted by molar-refractivity contribution is 0.329. The molecule has 146 valence electrons. The van der Waals surface area contributed by atoms with Crippen molar-refractivity contribution in [3.8, 4) is 5.88 Å². The average Bonchev–Trinajstić information content (AvgIpc) is 2.65. The number of nitrogens with zero attached hydrogens (tertiary/aromatic N) is 5. The van der Waals surface area contributed by atoms with Gasteiger partial charge in [-0.05, 0) is 38.2 Å². The first kappa shape index (κ1) is 18.9. The van der Waals surface area contributed by atoms with Crippen molar-refractivity contribution < 1.29 is 11.6 Å². The normalized spacial score (nSPS) is 15.0. The maximum absolute atomic E-state index is 5.16. The Bertz CT molecular complexity index is 970. The highest BCUT2D eigenvalue weighted by Gasteiger charge is 2.24. The van der Waals surface area contributed by atoms with Crippen molar-refractivity contribution in [1.82, 2.24) is 24.3 Å². The minimum absolute atomic E-state index is 0. The first-order chi connectivity index (χ1) is 12.6. The molecule has 0 spiro atoms. The van der Waals surface area contributed by atoms with Gasteiger partial charge in [0.2, 0.25) is 11.8 Å². The fourth-order valence-electron chi connectivity index (χ4n) is 3.60. The van der Waals surface area contributed by atoms with Gasteiger partial charge in [0.05, 0.1) is 31.2 Å². The van der Waals surface area contributed by atoms with Crippen LogP contribution in [0.4, 0.5) is 11.6 Å². The van der Waals surface area contributed by atoms with Crippen LogP contribution in [0.5, 0.6) is 5.88 Å². The van der Waals surface area contributed by atoms with Gasteiger partial charge in [-0.25, -0.2) is 9.97 Å². The number of hydrogen-bond acceptors (Lipinski definition) is 5. The summed E-state index contributed by atoms with van der Waals surface area (Å²) in [6.07, 6.45) is 8.05. The van der Waals surface area contributed by atoms with E-state index in [1.807, 2.05) is 19.2 Å². The molecule has 3 heterocycles. The Hall–Kier alpha value is -2.87. The molecule has 0 aromatic carbocycles. The van der Waals surface area contributed by atoms with E-state index in [0.29, 0.717) is 17.9 Å². The largest absolute Gasteiger partial charge is 0.481 e. The number of rotatable bonds is 4. The molecule has 0 saturated heterocycles. The zero-order valence-electron chi connectivity index (χ0n) is 16.0. The zero-order valence-corrected chi connectivity index (χ0v) is 16.0. The molecule has 3 aromatic heterocycles. The predicted molar refractivity (Wildman–Crippen MR) is 108 cm³/mol. The highest BCUT2D eigenvalue weighted by Crippen LogP contribution is 2.34. The van der Waals surface area contributed by atoms with Crippen molar-refractivity contribution in [2.75, 3.05) is 12.4 Å². The lowest BCUT2D eigenvalue weighted by Crippen LogP contribution is -2.28. The van der Waals surface area contributed by atoms with Crippen molar-refractivity contribution in [3.63, 3.8) is 0 Å². The van der Waals surface area contributed by atoms with Gasteiger partial charge in [0, 0.05) is 14.5 Å². The summed E-state index contributed by atoms with van der Waals surface area (Å²) in [5.74, 6) is 1.18. The molecule has 1 saturated carbocycles. The predicted octanol–water partition coefficient (Wildman–Crippen LogP) is 3.32. The number of aryl methyl sites for hydroxylation is 2. The molecule has 0 atom stereocenters. The minimum atomic E-state index is 0. The van der Waals surface area contributed by atoms with Gasteiger partial charge >= 0.3 is 0 Å². The van der Waals surface area contributed by atoms with Crippen LogP contribution in [-0.2, 0) is 7.05 Å². The van der Waals surface area contributed by atoms with Crippen molar-refractivity contribution in [2.24, 2.45) is 7.05 Å². The van der Waals surface area contributed by atoms with E-state index in [9.17, 15) is 0 Å². The van der Waals surface area contributed by atoms with Gasteiger partial charge in [-0.3, -0.25) is 9.36 Å². The van der Waals surface area contributed by atoms with E-state index < -0.39 is 0 Å². The van der Waals surface area contributed by atoms with Crippen LogP contribution in [0.1, 0.15) is 38.7 Å². The van der Waals surface area contributed by atoms with Crippen molar-refractivity contribution in [2.45, 2.75) is 38.6 Å². The monoisotopic (exact) mass is 372 g/mol. The third-order valence-electron chi connectivity index (χ3n) is 5.19. The second kappa shape index (κ2) is 7.40. The van der Waals surface area contributed by atoms with Crippen molar-refractivity contribution in [1.29, 1.82) is 0 Å². The summed E-state index contributed by atoms with van der Waals surface area (Å²) in [5, 5.41) is 3.27. The fourth-order valence-corrected chi connectivity index (χ4v) is 3.60. The number of methoxy groups -OCH3 is 1. The second-order valence-corrected chi connectivity index (χ2v) is 6.92. The standard InChI is InChI=1S/C19H24N6O.H2O.H2/c1-12-5-7-14(8-6-12)25-18-16(24(25)3)11-21-19(23-18)22-15-10-20-17(26-4)9-13(15)2;;/h9-11,14H,1,5-8H2,2-4H3,(H,21,22,23);1H2;1H. The molecule has 0 bridgehead atoms. The third kappa shape index (κ3) is 3.40. The van der Waals surface area contributed by atoms with Crippen LogP contribution >= 0.6 is 0 Å². The maximum atomic E-state index is 5.16. The van der Waals surface area contributed by atoms with E-state index in [0.717, 1.165) is 48.1 Å². The lowest BCUT2D eigenvalue weighted by atomic mass is 9.92. The molecule has 0 unspecified atom stereocenters. The van der Waals surface area contributed by atoms with Crippen LogP contribution in [0.25, 0.3) is 11.2 Å². The first-order valence-electron chi connectivity index (χ1n) is 8.91. The van der Waals surface area contributed by atoms with Crippen LogP contribution in [0.2, 0.25) is 0 Å². The third-order valence-corrected chi connectivity index (χ3v) is 5.19. The van der Waals surface area contributed by atoms with Gasteiger partial charge in [-0.1, -0.05) is 12.2 Å². The van der Waals surface area contributed by atoms with Gasteiger partial charge in [-0.2, -0.15) is 4.98 Å². The Morgan fingerprint density at radius 2 is 2.00 bits per heavy atom. The van der Waals surface area contributed by atoms with Crippen LogP contribution < -0.4 is 10.1 Å². The van der Waals surface area contributed by atoms with Gasteiger partial charge < -0.3 is 15.5 Å². The molecule has 3 N–H and O–H groups in total. The average molecular weight is 372 g/mol. The van der Waals surface area contributed by atoms with Crippen LogP contribution in [0.3, 0.4) is 0 Å². The smallest absolute Gasteiger partial charge is 0.229 e. The van der Waals surface area contributed by atoms with Gasteiger partial charge in [-0.15, -0.1) is 0 Å². The van der Waals surface area contributed by atoms with Gasteiger partial charge in [0.15, 0.2) is 5.65 Å². The van der Waals surface area contributed by atoms with Crippen LogP contribution in [0, 0.1) is 6.92 Å². The summed E-state index contributed by atoms with van der Waals surface area (Å²) in [6, 6.07) is 2.36. The summed E-state index contributed by atoms with van der Waals surface area (Å²) >= 11 is 0. The lowest BCUT2D eigenvalue weighted by Gasteiger charge is -2.32. The maximum Gasteiger partial charge on any atom is 0.229 e. The Balaban J connectivity index is 0.00000140. The van der Waals surface area contributed by atoms with E-state index in [1.165, 1.54) is 5.57 Å². The molecule has 0 amide bonds. The number of fused-ring (bicyclic) bond motifs is 1. The molecule has 1 aliphatic rings. The number of allylic oxidation sites excluding steroid dienone is 1. The molecule has 8 heteroatoms. The van der Waals surface area contributed by atoms with Crippen LogP contribution in [0.15, 0.2) is 30.6 Å². The SMILES string of the molecule is C=C1CCC(n2c3nc(Nc4cnc(OC)cc4C)ncc3n2C)CC1.O.[HH]. The van der Waals surface area contributed by atoms with E-state index in [2.05, 4.69) is 38.3 Å². The molecule has 3 aromatic rings. The summed E-state index contributed by atoms with van der Waals surface area (Å²) in [7, 11) is 3.68. The van der Waals surface area contributed by atoms with Gasteiger partial charge in [0.1, 0.15) is 5.52 Å². The molecule has 4 rings (SSSR count). The quantitative estimate of drug-likeness (QED) is 0.708. The van der Waals surface area contributed by atoms with Gasteiger partial charge in [0.25, 0.3) is 0 Å². The topological polar surface area (TPSA) is 101 Å². The molecule has 0 aliphatic heterocycles. The first-order valence-corrected chi connectivity index (χ1v) is 8.91. The van der Waals surface area contributed by atoms with Crippen LogP contribution in [-0.4, -0.2) is 36.9 Å². The minimum Gasteiger partial charge on any atom is -0.481 e. The second-order valence-electron chi connectivity index (χ2n) is 6.92. The number of nitrogens with one attached hydrogen (secondary N) is 1. The Kier molecular flexibility index (Phi) is 5.18. The summed E-state index contributed by atoms with van der Waals surface area (Å²) in [5.41, 5.74) is 5.31.